The second-order valence-electron chi connectivity index (χ2n) is 11.5. The van der Waals surface area contributed by atoms with Crippen molar-refractivity contribution >= 4 is 33.2 Å². The molecule has 6 rings (SSSR count). The lowest BCUT2D eigenvalue weighted by Gasteiger charge is -2.44. The van der Waals surface area contributed by atoms with E-state index >= 15 is 0 Å². The predicted molar refractivity (Wildman–Crippen MR) is 151 cm³/mol. The van der Waals surface area contributed by atoms with Gasteiger partial charge in [-0.1, -0.05) is 29.8 Å². The van der Waals surface area contributed by atoms with E-state index in [0.717, 1.165) is 55.2 Å². The minimum absolute atomic E-state index is 0.0682. The van der Waals surface area contributed by atoms with E-state index < -0.39 is 15.9 Å². The third kappa shape index (κ3) is 5.07. The van der Waals surface area contributed by atoms with Crippen molar-refractivity contribution in [2.45, 2.75) is 56.8 Å². The number of fused-ring (bicyclic) bond motifs is 4. The van der Waals surface area contributed by atoms with E-state index in [1.54, 1.807) is 6.07 Å². The standard InChI is InChI=1S/C30H35ClN2O4S/c31-25-11-12-26-22(16-25)7-5-14-30(26)19-33-18-24-9-8-21(24)6-3-1-2-4-15-38(35,36)32-29(34)23-10-13-28(37-20-30)27(33)17-23/h1,3,10-13,16-17,21,24H,2,4-9,14-15,18-20H2,(H,32,34)/b3-1-/t21-,24+,30+/m1/s1. The van der Waals surface area contributed by atoms with E-state index in [1.165, 1.54) is 24.0 Å². The first-order valence-electron chi connectivity index (χ1n) is 13.8. The predicted octanol–water partition coefficient (Wildman–Crippen LogP) is 5.64. The van der Waals surface area contributed by atoms with Gasteiger partial charge in [0.15, 0.2) is 0 Å². The molecule has 8 heteroatoms. The highest BCUT2D eigenvalue weighted by Gasteiger charge is 2.43. The first-order chi connectivity index (χ1) is 18.3. The monoisotopic (exact) mass is 554 g/mol. The van der Waals surface area contributed by atoms with Crippen LogP contribution in [0.3, 0.4) is 0 Å². The van der Waals surface area contributed by atoms with Crippen LogP contribution in [0.4, 0.5) is 5.69 Å². The number of ether oxygens (including phenoxy) is 1. The maximum atomic E-state index is 13.0. The summed E-state index contributed by atoms with van der Waals surface area (Å²) in [6.07, 6.45) is 12.1. The number of nitrogens with one attached hydrogen (secondary N) is 1. The van der Waals surface area contributed by atoms with Crippen molar-refractivity contribution in [3.05, 3.63) is 70.3 Å². The van der Waals surface area contributed by atoms with Crippen LogP contribution in [0.15, 0.2) is 48.6 Å². The summed E-state index contributed by atoms with van der Waals surface area (Å²) in [5.74, 6) is 1.28. The molecule has 1 N–H and O–H groups in total. The Hall–Kier alpha value is -2.51. The van der Waals surface area contributed by atoms with Gasteiger partial charge in [-0.15, -0.1) is 0 Å². The number of allylic oxidation sites excluding steroid dienone is 2. The third-order valence-electron chi connectivity index (χ3n) is 8.97. The van der Waals surface area contributed by atoms with Crippen molar-refractivity contribution in [2.24, 2.45) is 11.8 Å². The van der Waals surface area contributed by atoms with Crippen molar-refractivity contribution in [3.8, 4) is 5.75 Å². The average Bonchev–Trinajstić information content (AvgIpc) is 3.02. The average molecular weight is 555 g/mol. The second-order valence-corrected chi connectivity index (χ2v) is 13.8. The van der Waals surface area contributed by atoms with Gasteiger partial charge in [0.25, 0.3) is 5.91 Å². The number of rotatable bonds is 0. The topological polar surface area (TPSA) is 75.7 Å². The fraction of sp³-hybridized carbons (Fsp3) is 0.500. The molecule has 38 heavy (non-hydrogen) atoms. The van der Waals surface area contributed by atoms with Crippen LogP contribution in [-0.2, 0) is 21.9 Å². The zero-order valence-corrected chi connectivity index (χ0v) is 23.2. The van der Waals surface area contributed by atoms with Crippen LogP contribution in [0.1, 0.15) is 66.4 Å². The molecule has 0 radical (unpaired) electrons. The molecule has 1 saturated carbocycles. The highest BCUT2D eigenvalue weighted by molar-refractivity contribution is 7.90. The van der Waals surface area contributed by atoms with Crippen LogP contribution in [0.5, 0.6) is 5.75 Å². The molecule has 1 amide bonds. The summed E-state index contributed by atoms with van der Waals surface area (Å²) in [5, 5.41) is 0.764. The first-order valence-corrected chi connectivity index (χ1v) is 15.9. The van der Waals surface area contributed by atoms with Crippen molar-refractivity contribution in [1.29, 1.82) is 0 Å². The SMILES string of the molecule is O=C1NS(=O)(=O)CCC/C=C\C[C@@H]2CC[C@H]2CN2C[C@@]3(CCCc4cc(Cl)ccc43)COc3ccc1cc32. The Morgan fingerprint density at radius 3 is 2.76 bits per heavy atom. The molecule has 2 aromatic carbocycles. The summed E-state index contributed by atoms with van der Waals surface area (Å²) in [4.78, 5) is 15.5. The molecule has 3 atom stereocenters. The summed E-state index contributed by atoms with van der Waals surface area (Å²) in [6, 6.07) is 11.6. The maximum absolute atomic E-state index is 13.0. The van der Waals surface area contributed by atoms with Crippen molar-refractivity contribution in [1.82, 2.24) is 4.72 Å². The van der Waals surface area contributed by atoms with E-state index in [0.29, 0.717) is 36.8 Å². The lowest BCUT2D eigenvalue weighted by atomic mass is 9.69. The second kappa shape index (κ2) is 10.2. The van der Waals surface area contributed by atoms with Crippen LogP contribution in [-0.4, -0.2) is 39.8 Å². The van der Waals surface area contributed by atoms with Crippen molar-refractivity contribution in [3.63, 3.8) is 0 Å². The molecule has 2 aliphatic carbocycles. The van der Waals surface area contributed by atoms with Crippen LogP contribution < -0.4 is 14.4 Å². The Balaban J connectivity index is 1.40. The number of anilines is 1. The van der Waals surface area contributed by atoms with Crippen LogP contribution in [0.2, 0.25) is 5.02 Å². The van der Waals surface area contributed by atoms with Gasteiger partial charge in [0.05, 0.1) is 18.0 Å². The zero-order chi connectivity index (χ0) is 26.3. The first kappa shape index (κ1) is 25.8. The zero-order valence-electron chi connectivity index (χ0n) is 21.6. The number of nitrogens with zero attached hydrogens (tertiary/aromatic N) is 1. The van der Waals surface area contributed by atoms with E-state index in [2.05, 4.69) is 33.9 Å². The van der Waals surface area contributed by atoms with Gasteiger partial charge in [-0.3, -0.25) is 4.79 Å². The molecule has 0 unspecified atom stereocenters. The van der Waals surface area contributed by atoms with Crippen molar-refractivity contribution in [2.75, 3.05) is 30.3 Å². The fourth-order valence-corrected chi connectivity index (χ4v) is 8.00. The molecule has 0 aromatic heterocycles. The summed E-state index contributed by atoms with van der Waals surface area (Å²) < 4.78 is 33.9. The highest BCUT2D eigenvalue weighted by atomic mass is 35.5. The number of benzene rings is 2. The number of sulfonamides is 1. The molecule has 2 aromatic rings. The van der Waals surface area contributed by atoms with Gasteiger partial charge in [0.1, 0.15) is 5.75 Å². The van der Waals surface area contributed by atoms with Gasteiger partial charge < -0.3 is 9.64 Å². The van der Waals surface area contributed by atoms with E-state index in [-0.39, 0.29) is 11.2 Å². The molecular formula is C30H35ClN2O4S. The molecule has 1 spiro atoms. The fourth-order valence-electron chi connectivity index (χ4n) is 6.76. The normalized spacial score (nSPS) is 29.6. The molecule has 2 bridgehead atoms. The van der Waals surface area contributed by atoms with Crippen LogP contribution in [0.25, 0.3) is 0 Å². The minimum Gasteiger partial charge on any atom is -0.490 e. The smallest absolute Gasteiger partial charge is 0.264 e. The molecule has 4 aliphatic rings. The number of hydrogen-bond donors (Lipinski definition) is 1. The summed E-state index contributed by atoms with van der Waals surface area (Å²) in [7, 11) is -3.71. The van der Waals surface area contributed by atoms with Crippen LogP contribution >= 0.6 is 11.6 Å². The number of halogens is 1. The Morgan fingerprint density at radius 1 is 1.05 bits per heavy atom. The molecule has 0 saturated heterocycles. The van der Waals surface area contributed by atoms with E-state index in [9.17, 15) is 13.2 Å². The van der Waals surface area contributed by atoms with Gasteiger partial charge in [0, 0.05) is 29.1 Å². The van der Waals surface area contributed by atoms with Gasteiger partial charge >= 0.3 is 0 Å². The minimum atomic E-state index is -3.71. The number of amides is 1. The lowest BCUT2D eigenvalue weighted by Crippen LogP contribution is -2.48. The molecule has 2 aliphatic heterocycles. The summed E-state index contributed by atoms with van der Waals surface area (Å²) in [6.45, 7) is 2.24. The van der Waals surface area contributed by atoms with E-state index in [4.69, 9.17) is 16.3 Å². The number of carbonyl (C=O) groups is 1. The molecular weight excluding hydrogens is 520 g/mol. The van der Waals surface area contributed by atoms with E-state index in [1.807, 2.05) is 18.2 Å². The maximum Gasteiger partial charge on any atom is 0.264 e. The highest BCUT2D eigenvalue weighted by Crippen LogP contribution is 2.46. The third-order valence-corrected chi connectivity index (χ3v) is 10.5. The lowest BCUT2D eigenvalue weighted by molar-refractivity contribution is 0.0981. The quantitative estimate of drug-likeness (QED) is 0.427. The Morgan fingerprint density at radius 2 is 1.92 bits per heavy atom. The summed E-state index contributed by atoms with van der Waals surface area (Å²) >= 11 is 6.37. The Labute approximate surface area is 230 Å². The van der Waals surface area contributed by atoms with Gasteiger partial charge in [0.2, 0.25) is 10.0 Å². The van der Waals surface area contributed by atoms with Gasteiger partial charge in [-0.25, -0.2) is 13.1 Å². The summed E-state index contributed by atoms with van der Waals surface area (Å²) in [5.41, 5.74) is 3.64. The molecule has 6 nitrogen and oxygen atoms in total. The number of aryl methyl sites for hydroxylation is 1. The Kier molecular flexibility index (Phi) is 6.93. The van der Waals surface area contributed by atoms with Gasteiger partial charge in [-0.05, 0) is 105 Å². The molecule has 202 valence electrons. The Bertz CT molecular complexity index is 1370. The van der Waals surface area contributed by atoms with Crippen molar-refractivity contribution < 1.29 is 17.9 Å². The van der Waals surface area contributed by atoms with Gasteiger partial charge in [-0.2, -0.15) is 0 Å². The molecule has 2 heterocycles. The molecule has 1 fully saturated rings. The number of carbonyl (C=O) groups excluding carboxylic acids is 1. The van der Waals surface area contributed by atoms with Crippen LogP contribution in [0, 0.1) is 11.8 Å². The largest absolute Gasteiger partial charge is 0.490 e. The number of hydrogen-bond acceptors (Lipinski definition) is 5.